The number of nitrogens with two attached hydrogens (primary N) is 1. The van der Waals surface area contributed by atoms with Crippen molar-refractivity contribution in [3.8, 4) is 0 Å². The van der Waals surface area contributed by atoms with Gasteiger partial charge in [-0.3, -0.25) is 0 Å². The van der Waals surface area contributed by atoms with Crippen LogP contribution in [0.25, 0.3) is 0 Å². The van der Waals surface area contributed by atoms with Gasteiger partial charge in [0.15, 0.2) is 0 Å². The standard InChI is InChI=1S/C16H25NO/c1-12-3-8-16(11-13(12)2)18-10-9-14-4-6-15(17)7-5-14/h4-7,12-13,16H,3,8-11,17H2,1-2H3. The molecule has 2 nitrogen and oxygen atoms in total. The summed E-state index contributed by atoms with van der Waals surface area (Å²) in [5, 5.41) is 0. The Labute approximate surface area is 111 Å². The first-order chi connectivity index (χ1) is 8.65. The quantitative estimate of drug-likeness (QED) is 0.824. The van der Waals surface area contributed by atoms with Crippen LogP contribution in [0.3, 0.4) is 0 Å². The molecular weight excluding hydrogens is 222 g/mol. The van der Waals surface area contributed by atoms with Crippen LogP contribution in [0.15, 0.2) is 24.3 Å². The Kier molecular flexibility index (Phi) is 4.65. The van der Waals surface area contributed by atoms with Crippen molar-refractivity contribution in [3.63, 3.8) is 0 Å². The summed E-state index contributed by atoms with van der Waals surface area (Å²) < 4.78 is 6.00. The summed E-state index contributed by atoms with van der Waals surface area (Å²) in [5.74, 6) is 1.67. The zero-order valence-electron chi connectivity index (χ0n) is 11.6. The molecule has 18 heavy (non-hydrogen) atoms. The minimum absolute atomic E-state index is 0.477. The summed E-state index contributed by atoms with van der Waals surface area (Å²) in [6.07, 6.45) is 5.23. The van der Waals surface area contributed by atoms with Crippen LogP contribution in [0.1, 0.15) is 38.7 Å². The predicted octanol–water partition coefficient (Wildman–Crippen LogP) is 3.65. The van der Waals surface area contributed by atoms with Gasteiger partial charge >= 0.3 is 0 Å². The summed E-state index contributed by atoms with van der Waals surface area (Å²) in [6, 6.07) is 8.09. The van der Waals surface area contributed by atoms with Crippen molar-refractivity contribution >= 4 is 5.69 Å². The van der Waals surface area contributed by atoms with Crippen LogP contribution in [0.2, 0.25) is 0 Å². The average Bonchev–Trinajstić information content (AvgIpc) is 2.36. The molecule has 0 radical (unpaired) electrons. The van der Waals surface area contributed by atoms with Crippen molar-refractivity contribution in [1.29, 1.82) is 0 Å². The van der Waals surface area contributed by atoms with Gasteiger partial charge in [0.05, 0.1) is 12.7 Å². The SMILES string of the molecule is CC1CCC(OCCc2ccc(N)cc2)CC1C. The molecule has 2 heteroatoms. The van der Waals surface area contributed by atoms with E-state index in [-0.39, 0.29) is 0 Å². The molecule has 1 aliphatic carbocycles. The van der Waals surface area contributed by atoms with E-state index in [9.17, 15) is 0 Å². The molecule has 0 heterocycles. The summed E-state index contributed by atoms with van der Waals surface area (Å²) in [4.78, 5) is 0. The summed E-state index contributed by atoms with van der Waals surface area (Å²) in [5.41, 5.74) is 7.80. The fraction of sp³-hybridized carbons (Fsp3) is 0.625. The van der Waals surface area contributed by atoms with Gasteiger partial charge in [0.25, 0.3) is 0 Å². The molecule has 0 amide bonds. The molecule has 0 spiro atoms. The fourth-order valence-corrected chi connectivity index (χ4v) is 2.68. The summed E-state index contributed by atoms with van der Waals surface area (Å²) >= 11 is 0. The van der Waals surface area contributed by atoms with E-state index >= 15 is 0 Å². The number of hydrogen-bond donors (Lipinski definition) is 1. The minimum Gasteiger partial charge on any atom is -0.399 e. The first-order valence-corrected chi connectivity index (χ1v) is 7.11. The van der Waals surface area contributed by atoms with Gasteiger partial charge < -0.3 is 10.5 Å². The van der Waals surface area contributed by atoms with E-state index in [0.29, 0.717) is 6.10 Å². The molecule has 0 aromatic heterocycles. The third kappa shape index (κ3) is 3.74. The van der Waals surface area contributed by atoms with E-state index < -0.39 is 0 Å². The Morgan fingerprint density at radius 3 is 2.50 bits per heavy atom. The Morgan fingerprint density at radius 2 is 1.83 bits per heavy atom. The lowest BCUT2D eigenvalue weighted by Gasteiger charge is -2.32. The maximum absolute atomic E-state index is 6.00. The summed E-state index contributed by atoms with van der Waals surface area (Å²) in [6.45, 7) is 5.53. The lowest BCUT2D eigenvalue weighted by Crippen LogP contribution is -2.27. The van der Waals surface area contributed by atoms with E-state index in [1.807, 2.05) is 12.1 Å². The number of anilines is 1. The smallest absolute Gasteiger partial charge is 0.0578 e. The lowest BCUT2D eigenvalue weighted by atomic mass is 9.80. The van der Waals surface area contributed by atoms with Gasteiger partial charge in [0.1, 0.15) is 0 Å². The molecule has 0 bridgehead atoms. The Morgan fingerprint density at radius 1 is 1.11 bits per heavy atom. The molecule has 1 aromatic carbocycles. The van der Waals surface area contributed by atoms with Crippen molar-refractivity contribution in [2.75, 3.05) is 12.3 Å². The van der Waals surface area contributed by atoms with E-state index in [1.165, 1.54) is 24.8 Å². The molecule has 100 valence electrons. The highest BCUT2D eigenvalue weighted by molar-refractivity contribution is 5.39. The second kappa shape index (κ2) is 6.24. The van der Waals surface area contributed by atoms with Gasteiger partial charge in [-0.05, 0) is 55.2 Å². The third-order valence-electron chi connectivity index (χ3n) is 4.27. The molecule has 1 fully saturated rings. The molecule has 1 aliphatic rings. The first-order valence-electron chi connectivity index (χ1n) is 7.11. The van der Waals surface area contributed by atoms with E-state index in [1.54, 1.807) is 0 Å². The van der Waals surface area contributed by atoms with Crippen LogP contribution in [0, 0.1) is 11.8 Å². The number of hydrogen-bond acceptors (Lipinski definition) is 2. The average molecular weight is 247 g/mol. The van der Waals surface area contributed by atoms with Crippen LogP contribution >= 0.6 is 0 Å². The monoisotopic (exact) mass is 247 g/mol. The van der Waals surface area contributed by atoms with Crippen molar-refractivity contribution < 1.29 is 4.74 Å². The number of benzene rings is 1. The van der Waals surface area contributed by atoms with Crippen molar-refractivity contribution in [2.24, 2.45) is 11.8 Å². The highest BCUT2D eigenvalue weighted by atomic mass is 16.5. The van der Waals surface area contributed by atoms with Crippen LogP contribution < -0.4 is 5.73 Å². The predicted molar refractivity (Wildman–Crippen MR) is 76.5 cm³/mol. The van der Waals surface area contributed by atoms with Crippen molar-refractivity contribution in [2.45, 2.75) is 45.6 Å². The normalized spacial score (nSPS) is 28.2. The highest BCUT2D eigenvalue weighted by Crippen LogP contribution is 2.30. The topological polar surface area (TPSA) is 35.2 Å². The Balaban J connectivity index is 1.71. The van der Waals surface area contributed by atoms with Gasteiger partial charge in [0, 0.05) is 5.69 Å². The molecular formula is C16H25NO. The second-order valence-corrected chi connectivity index (χ2v) is 5.75. The van der Waals surface area contributed by atoms with Gasteiger partial charge in [-0.2, -0.15) is 0 Å². The Hall–Kier alpha value is -1.02. The van der Waals surface area contributed by atoms with Crippen molar-refractivity contribution in [1.82, 2.24) is 0 Å². The van der Waals surface area contributed by atoms with Crippen LogP contribution in [0.5, 0.6) is 0 Å². The molecule has 2 N–H and O–H groups in total. The van der Waals surface area contributed by atoms with Gasteiger partial charge in [-0.1, -0.05) is 26.0 Å². The first kappa shape index (κ1) is 13.4. The zero-order valence-corrected chi connectivity index (χ0v) is 11.6. The maximum atomic E-state index is 6.00. The molecule has 3 unspecified atom stereocenters. The molecule has 3 atom stereocenters. The zero-order chi connectivity index (χ0) is 13.0. The molecule has 0 aliphatic heterocycles. The maximum Gasteiger partial charge on any atom is 0.0578 e. The largest absolute Gasteiger partial charge is 0.399 e. The van der Waals surface area contributed by atoms with E-state index in [0.717, 1.165) is 30.6 Å². The highest BCUT2D eigenvalue weighted by Gasteiger charge is 2.24. The minimum atomic E-state index is 0.477. The number of rotatable bonds is 4. The van der Waals surface area contributed by atoms with Crippen LogP contribution in [-0.2, 0) is 11.2 Å². The van der Waals surface area contributed by atoms with Gasteiger partial charge in [-0.25, -0.2) is 0 Å². The van der Waals surface area contributed by atoms with E-state index in [4.69, 9.17) is 10.5 Å². The molecule has 1 saturated carbocycles. The number of ether oxygens (including phenoxy) is 1. The molecule has 1 aromatic rings. The van der Waals surface area contributed by atoms with Gasteiger partial charge in [0.2, 0.25) is 0 Å². The Bertz CT molecular complexity index is 360. The molecule has 0 saturated heterocycles. The van der Waals surface area contributed by atoms with Crippen LogP contribution in [0.4, 0.5) is 5.69 Å². The number of nitrogen functional groups attached to an aromatic ring is 1. The van der Waals surface area contributed by atoms with Crippen molar-refractivity contribution in [3.05, 3.63) is 29.8 Å². The van der Waals surface area contributed by atoms with Crippen LogP contribution in [-0.4, -0.2) is 12.7 Å². The molecule has 2 rings (SSSR count). The summed E-state index contributed by atoms with van der Waals surface area (Å²) in [7, 11) is 0. The second-order valence-electron chi connectivity index (χ2n) is 5.75. The van der Waals surface area contributed by atoms with E-state index in [2.05, 4.69) is 26.0 Å². The lowest BCUT2D eigenvalue weighted by molar-refractivity contribution is 0.00418. The third-order valence-corrected chi connectivity index (χ3v) is 4.27. The van der Waals surface area contributed by atoms with Gasteiger partial charge in [-0.15, -0.1) is 0 Å². The fourth-order valence-electron chi connectivity index (χ4n) is 2.68.